The van der Waals surface area contributed by atoms with E-state index in [9.17, 15) is 4.79 Å². The van der Waals surface area contributed by atoms with Gasteiger partial charge in [0.05, 0.1) is 19.2 Å². The minimum absolute atomic E-state index is 0.389. The highest BCUT2D eigenvalue weighted by atomic mass is 16.5. The lowest BCUT2D eigenvalue weighted by Crippen LogP contribution is -2.22. The third kappa shape index (κ3) is 2.41. The average Bonchev–Trinajstić information content (AvgIpc) is 2.87. The van der Waals surface area contributed by atoms with Gasteiger partial charge in [0, 0.05) is 24.5 Å². The van der Waals surface area contributed by atoms with Crippen LogP contribution in [0.1, 0.15) is 23.3 Å². The number of hydrogen-bond donors (Lipinski definition) is 0. The fourth-order valence-electron chi connectivity index (χ4n) is 2.71. The molecule has 1 aromatic heterocycles. The van der Waals surface area contributed by atoms with Gasteiger partial charge in [0.25, 0.3) is 0 Å². The van der Waals surface area contributed by atoms with E-state index in [0.29, 0.717) is 11.6 Å². The maximum absolute atomic E-state index is 11.8. The highest BCUT2D eigenvalue weighted by Gasteiger charge is 2.20. The van der Waals surface area contributed by atoms with Gasteiger partial charge in [-0.3, -0.25) is 4.68 Å². The van der Waals surface area contributed by atoms with E-state index in [1.54, 1.807) is 0 Å². The average molecular weight is 274 g/mol. The normalized spacial score (nSPS) is 19.1. The Bertz CT molecular complexity index is 615. The first kappa shape index (κ1) is 13.1. The second kappa shape index (κ2) is 5.63. The smallest absolute Gasteiger partial charge is 0.359 e. The molecule has 0 N–H and O–H groups in total. The molecule has 2 aromatic rings. The number of rotatable bonds is 3. The van der Waals surface area contributed by atoms with E-state index >= 15 is 0 Å². The molecule has 1 aliphatic rings. The lowest BCUT2D eigenvalue weighted by Gasteiger charge is -2.22. The second-order valence-electron chi connectivity index (χ2n) is 5.12. The summed E-state index contributed by atoms with van der Waals surface area (Å²) in [6, 6.07) is 7.75. The molecule has 1 unspecified atom stereocenters. The van der Waals surface area contributed by atoms with Crippen LogP contribution in [0.25, 0.3) is 10.9 Å². The predicted molar refractivity (Wildman–Crippen MR) is 74.6 cm³/mol. The Morgan fingerprint density at radius 1 is 1.50 bits per heavy atom. The first-order valence-corrected chi connectivity index (χ1v) is 6.91. The summed E-state index contributed by atoms with van der Waals surface area (Å²) < 4.78 is 12.2. The van der Waals surface area contributed by atoms with Crippen LogP contribution in [-0.4, -0.2) is 36.1 Å². The van der Waals surface area contributed by atoms with Crippen LogP contribution in [0.5, 0.6) is 0 Å². The molecule has 2 heterocycles. The molecule has 20 heavy (non-hydrogen) atoms. The van der Waals surface area contributed by atoms with E-state index in [-0.39, 0.29) is 5.97 Å². The summed E-state index contributed by atoms with van der Waals surface area (Å²) in [4.78, 5) is 11.8. The second-order valence-corrected chi connectivity index (χ2v) is 5.12. The van der Waals surface area contributed by atoms with E-state index in [2.05, 4.69) is 5.10 Å². The van der Waals surface area contributed by atoms with E-state index < -0.39 is 0 Å². The number of fused-ring (bicyclic) bond motifs is 1. The molecular weight excluding hydrogens is 256 g/mol. The van der Waals surface area contributed by atoms with Crippen molar-refractivity contribution in [3.05, 3.63) is 30.0 Å². The molecule has 5 nitrogen and oxygen atoms in total. The first-order valence-electron chi connectivity index (χ1n) is 6.91. The van der Waals surface area contributed by atoms with Gasteiger partial charge in [-0.2, -0.15) is 5.10 Å². The molecule has 1 aromatic carbocycles. The number of aromatic nitrogens is 2. The molecule has 0 spiro atoms. The van der Waals surface area contributed by atoms with Crippen molar-refractivity contribution in [1.82, 2.24) is 9.78 Å². The fraction of sp³-hybridized carbons (Fsp3) is 0.467. The van der Waals surface area contributed by atoms with Gasteiger partial charge in [-0.15, -0.1) is 0 Å². The quantitative estimate of drug-likeness (QED) is 0.806. The van der Waals surface area contributed by atoms with Crippen molar-refractivity contribution in [2.75, 3.05) is 20.3 Å². The molecule has 0 radical (unpaired) electrons. The summed E-state index contributed by atoms with van der Waals surface area (Å²) in [5, 5.41) is 5.28. The molecule has 3 rings (SSSR count). The fourth-order valence-corrected chi connectivity index (χ4v) is 2.71. The van der Waals surface area contributed by atoms with E-state index in [1.165, 1.54) is 7.11 Å². The van der Waals surface area contributed by atoms with Crippen molar-refractivity contribution in [2.24, 2.45) is 5.92 Å². The summed E-state index contributed by atoms with van der Waals surface area (Å²) in [7, 11) is 1.38. The van der Waals surface area contributed by atoms with Crippen molar-refractivity contribution < 1.29 is 14.3 Å². The Hall–Kier alpha value is -1.88. The van der Waals surface area contributed by atoms with Gasteiger partial charge in [0.1, 0.15) is 0 Å². The minimum Gasteiger partial charge on any atom is -0.464 e. The van der Waals surface area contributed by atoms with E-state index in [1.807, 2.05) is 28.9 Å². The molecule has 0 aliphatic carbocycles. The van der Waals surface area contributed by atoms with Gasteiger partial charge in [0.15, 0.2) is 5.69 Å². The largest absolute Gasteiger partial charge is 0.464 e. The zero-order chi connectivity index (χ0) is 13.9. The Kier molecular flexibility index (Phi) is 3.69. The summed E-state index contributed by atoms with van der Waals surface area (Å²) in [6.45, 7) is 2.39. The number of ether oxygens (including phenoxy) is 2. The van der Waals surface area contributed by atoms with Gasteiger partial charge in [-0.05, 0) is 18.9 Å². The number of nitrogens with zero attached hydrogens (tertiary/aromatic N) is 2. The van der Waals surface area contributed by atoms with Gasteiger partial charge in [-0.1, -0.05) is 18.2 Å². The lowest BCUT2D eigenvalue weighted by atomic mass is 10.0. The molecule has 1 fully saturated rings. The summed E-state index contributed by atoms with van der Waals surface area (Å²) >= 11 is 0. The van der Waals surface area contributed by atoms with Crippen LogP contribution in [0.4, 0.5) is 0 Å². The van der Waals surface area contributed by atoms with Gasteiger partial charge in [-0.25, -0.2) is 4.79 Å². The predicted octanol–water partition coefficient (Wildman–Crippen LogP) is 2.25. The number of carbonyl (C=O) groups is 1. The van der Waals surface area contributed by atoms with Crippen molar-refractivity contribution in [1.29, 1.82) is 0 Å². The molecule has 1 aliphatic heterocycles. The van der Waals surface area contributed by atoms with Gasteiger partial charge >= 0.3 is 5.97 Å². The van der Waals surface area contributed by atoms with Crippen LogP contribution in [0.2, 0.25) is 0 Å². The highest BCUT2D eigenvalue weighted by molar-refractivity contribution is 6.02. The Balaban J connectivity index is 1.95. The van der Waals surface area contributed by atoms with Gasteiger partial charge in [0.2, 0.25) is 0 Å². The number of hydrogen-bond acceptors (Lipinski definition) is 4. The van der Waals surface area contributed by atoms with Crippen LogP contribution in [0.3, 0.4) is 0 Å². The standard InChI is InChI=1S/C15H18N2O3/c1-19-15(18)14-12-6-2-3-7-13(12)17(16-14)9-11-5-4-8-20-10-11/h2-3,6-7,11H,4-5,8-10H2,1H3. The molecule has 5 heteroatoms. The summed E-state index contributed by atoms with van der Waals surface area (Å²) in [6.07, 6.45) is 2.23. The first-order chi connectivity index (χ1) is 9.79. The van der Waals surface area contributed by atoms with E-state index in [4.69, 9.17) is 9.47 Å². The molecule has 0 bridgehead atoms. The van der Waals surface area contributed by atoms with Crippen LogP contribution < -0.4 is 0 Å². The monoisotopic (exact) mass is 274 g/mol. The topological polar surface area (TPSA) is 53.3 Å². The molecule has 106 valence electrons. The van der Waals surface area contributed by atoms with Crippen molar-refractivity contribution in [3.8, 4) is 0 Å². The van der Waals surface area contributed by atoms with Crippen LogP contribution in [0, 0.1) is 5.92 Å². The zero-order valence-corrected chi connectivity index (χ0v) is 11.5. The van der Waals surface area contributed by atoms with Crippen LogP contribution in [0.15, 0.2) is 24.3 Å². The number of para-hydroxylation sites is 1. The van der Waals surface area contributed by atoms with Crippen molar-refractivity contribution >= 4 is 16.9 Å². The number of carbonyl (C=O) groups excluding carboxylic acids is 1. The molecule has 0 saturated carbocycles. The van der Waals surface area contributed by atoms with Crippen LogP contribution >= 0.6 is 0 Å². The summed E-state index contributed by atoms with van der Waals surface area (Å²) in [5.74, 6) is 0.0670. The molecule has 0 amide bonds. The van der Waals surface area contributed by atoms with Gasteiger partial charge < -0.3 is 9.47 Å². The lowest BCUT2D eigenvalue weighted by molar-refractivity contribution is 0.0472. The third-order valence-electron chi connectivity index (χ3n) is 3.72. The summed E-state index contributed by atoms with van der Waals surface area (Å²) in [5.41, 5.74) is 1.36. The zero-order valence-electron chi connectivity index (χ0n) is 11.5. The maximum atomic E-state index is 11.8. The maximum Gasteiger partial charge on any atom is 0.359 e. The minimum atomic E-state index is -0.389. The SMILES string of the molecule is COC(=O)c1nn(CC2CCCOC2)c2ccccc12. The Morgan fingerprint density at radius 2 is 2.35 bits per heavy atom. The third-order valence-corrected chi connectivity index (χ3v) is 3.72. The van der Waals surface area contributed by atoms with Crippen molar-refractivity contribution in [3.63, 3.8) is 0 Å². The number of methoxy groups -OCH3 is 1. The number of esters is 1. The molecule has 1 saturated heterocycles. The Morgan fingerprint density at radius 3 is 3.10 bits per heavy atom. The van der Waals surface area contributed by atoms with Crippen molar-refractivity contribution in [2.45, 2.75) is 19.4 Å². The van der Waals surface area contributed by atoms with Crippen LogP contribution in [-0.2, 0) is 16.0 Å². The highest BCUT2D eigenvalue weighted by Crippen LogP contribution is 2.22. The molecule has 1 atom stereocenters. The van der Waals surface area contributed by atoms with E-state index in [0.717, 1.165) is 43.5 Å². The Labute approximate surface area is 117 Å². The number of benzene rings is 1. The molecular formula is C15H18N2O3.